The second-order valence-corrected chi connectivity index (χ2v) is 8.86. The lowest BCUT2D eigenvalue weighted by molar-refractivity contribution is -0.136. The van der Waals surface area contributed by atoms with Gasteiger partial charge in [0.25, 0.3) is 0 Å². The molecule has 0 aromatic carbocycles. The fourth-order valence-electron chi connectivity index (χ4n) is 6.09. The second-order valence-electron chi connectivity index (χ2n) is 8.86. The highest BCUT2D eigenvalue weighted by Crippen LogP contribution is 2.62. The minimum Gasteiger partial charge on any atom is -0.359 e. The summed E-state index contributed by atoms with van der Waals surface area (Å²) in [5, 5.41) is 2.95. The molecule has 1 aromatic heterocycles. The zero-order chi connectivity index (χ0) is 19.8. The SMILES string of the molecule is CCN1C[C@H]2C3(CCN(C(=O)Cc4ccccn4)CC3)CC[C@@]2(C(=O)NC)C1. The summed E-state index contributed by atoms with van der Waals surface area (Å²) in [7, 11) is 1.77. The third-order valence-corrected chi connectivity index (χ3v) is 7.72. The number of hydrogen-bond acceptors (Lipinski definition) is 4. The summed E-state index contributed by atoms with van der Waals surface area (Å²) in [6.07, 6.45) is 6.25. The Morgan fingerprint density at radius 2 is 2.00 bits per heavy atom. The first-order chi connectivity index (χ1) is 13.5. The molecule has 4 rings (SSSR count). The van der Waals surface area contributed by atoms with E-state index in [1.807, 2.05) is 23.1 Å². The highest BCUT2D eigenvalue weighted by molar-refractivity contribution is 5.84. The fourth-order valence-corrected chi connectivity index (χ4v) is 6.09. The minimum atomic E-state index is -0.231. The Bertz CT molecular complexity index is 729. The number of carbonyl (C=O) groups excluding carboxylic acids is 2. The normalized spacial score (nSPS) is 29.1. The molecule has 3 heterocycles. The summed E-state index contributed by atoms with van der Waals surface area (Å²) in [6, 6.07) is 5.71. The first kappa shape index (κ1) is 19.4. The summed E-state index contributed by atoms with van der Waals surface area (Å²) < 4.78 is 0. The van der Waals surface area contributed by atoms with Crippen molar-refractivity contribution < 1.29 is 9.59 Å². The van der Waals surface area contributed by atoms with Crippen molar-refractivity contribution in [3.8, 4) is 0 Å². The summed E-state index contributed by atoms with van der Waals surface area (Å²) in [5.41, 5.74) is 0.810. The molecule has 2 amide bonds. The number of fused-ring (bicyclic) bond motifs is 2. The van der Waals surface area contributed by atoms with Crippen molar-refractivity contribution in [2.75, 3.05) is 39.8 Å². The van der Waals surface area contributed by atoms with Gasteiger partial charge in [0.2, 0.25) is 11.8 Å². The number of hydrogen-bond donors (Lipinski definition) is 1. The van der Waals surface area contributed by atoms with Gasteiger partial charge in [-0.25, -0.2) is 0 Å². The van der Waals surface area contributed by atoms with Crippen LogP contribution in [0.5, 0.6) is 0 Å². The number of aromatic nitrogens is 1. The molecule has 3 aliphatic rings. The van der Waals surface area contributed by atoms with E-state index in [1.54, 1.807) is 13.2 Å². The van der Waals surface area contributed by atoms with Crippen LogP contribution in [-0.4, -0.2) is 66.4 Å². The number of amides is 2. The molecule has 0 unspecified atom stereocenters. The quantitative estimate of drug-likeness (QED) is 0.858. The number of nitrogens with one attached hydrogen (secondary N) is 1. The van der Waals surface area contributed by atoms with Crippen LogP contribution in [0.4, 0.5) is 0 Å². The molecule has 1 aliphatic carbocycles. The summed E-state index contributed by atoms with van der Waals surface area (Å²) >= 11 is 0. The topological polar surface area (TPSA) is 65.5 Å². The maximum Gasteiger partial charge on any atom is 0.228 e. The Hall–Kier alpha value is -1.95. The zero-order valence-electron chi connectivity index (χ0n) is 17.1. The molecule has 1 saturated carbocycles. The molecule has 1 spiro atoms. The van der Waals surface area contributed by atoms with Crippen molar-refractivity contribution in [2.24, 2.45) is 16.7 Å². The average Bonchev–Trinajstić information content (AvgIpc) is 3.25. The van der Waals surface area contributed by atoms with Crippen LogP contribution < -0.4 is 5.32 Å². The molecule has 1 aromatic rings. The van der Waals surface area contributed by atoms with E-state index in [0.29, 0.717) is 12.3 Å². The van der Waals surface area contributed by atoms with E-state index in [1.165, 1.54) is 0 Å². The van der Waals surface area contributed by atoms with Crippen molar-refractivity contribution in [3.05, 3.63) is 30.1 Å². The molecular formula is C22H32N4O2. The van der Waals surface area contributed by atoms with Crippen molar-refractivity contribution in [1.82, 2.24) is 20.1 Å². The van der Waals surface area contributed by atoms with Crippen LogP contribution in [0.2, 0.25) is 0 Å². The van der Waals surface area contributed by atoms with Crippen LogP contribution in [0.1, 0.15) is 38.3 Å². The molecule has 2 atom stereocenters. The number of likely N-dealkylation sites (tertiary alicyclic amines) is 2. The van der Waals surface area contributed by atoms with Crippen LogP contribution in [0.25, 0.3) is 0 Å². The van der Waals surface area contributed by atoms with Crippen LogP contribution in [0.3, 0.4) is 0 Å². The Balaban J connectivity index is 1.45. The molecule has 6 nitrogen and oxygen atoms in total. The highest BCUT2D eigenvalue weighted by Gasteiger charge is 2.63. The lowest BCUT2D eigenvalue weighted by Gasteiger charge is -2.44. The average molecular weight is 385 g/mol. The molecule has 2 saturated heterocycles. The van der Waals surface area contributed by atoms with E-state index in [0.717, 1.165) is 64.1 Å². The third kappa shape index (κ3) is 3.11. The third-order valence-electron chi connectivity index (χ3n) is 7.72. The van der Waals surface area contributed by atoms with E-state index in [-0.39, 0.29) is 22.6 Å². The molecule has 6 heteroatoms. The first-order valence-electron chi connectivity index (χ1n) is 10.7. The van der Waals surface area contributed by atoms with Crippen molar-refractivity contribution >= 4 is 11.8 Å². The van der Waals surface area contributed by atoms with Crippen LogP contribution >= 0.6 is 0 Å². The predicted molar refractivity (Wildman–Crippen MR) is 108 cm³/mol. The van der Waals surface area contributed by atoms with Gasteiger partial charge in [-0.15, -0.1) is 0 Å². The standard InChI is InChI=1S/C22H32N4O2/c1-3-25-15-18-21(7-8-22(18,16-25)20(28)23-2)9-12-26(13-10-21)19(27)14-17-6-4-5-11-24-17/h4-6,11,18H,3,7-10,12-16H2,1-2H3,(H,23,28)/t18-,22+/m0/s1. The summed E-state index contributed by atoms with van der Waals surface area (Å²) in [5.74, 6) is 0.803. The number of rotatable bonds is 4. The molecule has 1 N–H and O–H groups in total. The minimum absolute atomic E-state index is 0.172. The van der Waals surface area contributed by atoms with Crippen molar-refractivity contribution in [1.29, 1.82) is 0 Å². The Morgan fingerprint density at radius 3 is 2.64 bits per heavy atom. The Labute approximate surface area is 167 Å². The number of pyridine rings is 1. The lowest BCUT2D eigenvalue weighted by atomic mass is 9.65. The van der Waals surface area contributed by atoms with E-state index in [9.17, 15) is 9.59 Å². The lowest BCUT2D eigenvalue weighted by Crippen LogP contribution is -2.49. The Morgan fingerprint density at radius 1 is 1.21 bits per heavy atom. The molecule has 2 aliphatic heterocycles. The van der Waals surface area contributed by atoms with Gasteiger partial charge in [0.05, 0.1) is 11.8 Å². The predicted octanol–water partition coefficient (Wildman–Crippen LogP) is 1.71. The van der Waals surface area contributed by atoms with E-state index >= 15 is 0 Å². The van der Waals surface area contributed by atoms with Crippen LogP contribution in [-0.2, 0) is 16.0 Å². The zero-order valence-corrected chi connectivity index (χ0v) is 17.1. The van der Waals surface area contributed by atoms with E-state index in [4.69, 9.17) is 0 Å². The van der Waals surface area contributed by atoms with Crippen molar-refractivity contribution in [2.45, 2.75) is 39.0 Å². The molecule has 152 valence electrons. The van der Waals surface area contributed by atoms with Gasteiger partial charge in [0.15, 0.2) is 0 Å². The smallest absolute Gasteiger partial charge is 0.228 e. The van der Waals surface area contributed by atoms with Gasteiger partial charge in [-0.05, 0) is 55.7 Å². The van der Waals surface area contributed by atoms with Crippen LogP contribution in [0, 0.1) is 16.7 Å². The van der Waals surface area contributed by atoms with Gasteiger partial charge in [-0.1, -0.05) is 13.0 Å². The monoisotopic (exact) mass is 384 g/mol. The summed E-state index contributed by atoms with van der Waals surface area (Å²) in [6.45, 7) is 6.70. The van der Waals surface area contributed by atoms with Gasteiger partial charge in [0, 0.05) is 45.1 Å². The number of piperidine rings is 1. The fraction of sp³-hybridized carbons (Fsp3) is 0.682. The largest absolute Gasteiger partial charge is 0.359 e. The van der Waals surface area contributed by atoms with Gasteiger partial charge >= 0.3 is 0 Å². The maximum absolute atomic E-state index is 12.9. The molecule has 28 heavy (non-hydrogen) atoms. The highest BCUT2D eigenvalue weighted by atomic mass is 16.2. The van der Waals surface area contributed by atoms with Crippen LogP contribution in [0.15, 0.2) is 24.4 Å². The molecular weight excluding hydrogens is 352 g/mol. The molecule has 3 fully saturated rings. The van der Waals surface area contributed by atoms with E-state index < -0.39 is 0 Å². The number of carbonyl (C=O) groups is 2. The molecule has 0 radical (unpaired) electrons. The molecule has 0 bridgehead atoms. The summed E-state index contributed by atoms with van der Waals surface area (Å²) in [4.78, 5) is 34.3. The number of nitrogens with zero attached hydrogens (tertiary/aromatic N) is 3. The maximum atomic E-state index is 12.9. The van der Waals surface area contributed by atoms with Gasteiger partial charge < -0.3 is 15.1 Å². The second kappa shape index (κ2) is 7.47. The van der Waals surface area contributed by atoms with E-state index in [2.05, 4.69) is 22.1 Å². The van der Waals surface area contributed by atoms with Gasteiger partial charge in [0.1, 0.15) is 0 Å². The Kier molecular flexibility index (Phi) is 5.17. The van der Waals surface area contributed by atoms with Gasteiger partial charge in [-0.2, -0.15) is 0 Å². The first-order valence-corrected chi connectivity index (χ1v) is 10.7. The van der Waals surface area contributed by atoms with Crippen molar-refractivity contribution in [3.63, 3.8) is 0 Å². The van der Waals surface area contributed by atoms with Gasteiger partial charge in [-0.3, -0.25) is 14.6 Å².